The summed E-state index contributed by atoms with van der Waals surface area (Å²) in [5.74, 6) is 0.701. The fourth-order valence-electron chi connectivity index (χ4n) is 3.95. The molecule has 1 fully saturated rings. The molecule has 1 aliphatic heterocycles. The highest BCUT2D eigenvalue weighted by molar-refractivity contribution is 5.76. The Balaban J connectivity index is 2.04. The molecule has 0 unspecified atom stereocenters. The van der Waals surface area contributed by atoms with E-state index >= 15 is 0 Å². The quantitative estimate of drug-likeness (QED) is 0.705. The molecule has 4 heterocycles. The van der Waals surface area contributed by atoms with Gasteiger partial charge >= 0.3 is 5.69 Å². The normalized spacial score (nSPS) is 17.8. The van der Waals surface area contributed by atoms with Gasteiger partial charge in [0, 0.05) is 31.6 Å². The molecule has 26 heavy (non-hydrogen) atoms. The SMILES string of the molecule is CCCn1c(=O)c2c(nc3n(C[C@@H]4CCCO4)c(C)c(C)n23)n(C)c1=O. The van der Waals surface area contributed by atoms with Crippen molar-refractivity contribution in [2.24, 2.45) is 7.05 Å². The lowest BCUT2D eigenvalue weighted by Crippen LogP contribution is -2.39. The largest absolute Gasteiger partial charge is 0.376 e. The predicted octanol–water partition coefficient (Wildman–Crippen LogP) is 1.36. The summed E-state index contributed by atoms with van der Waals surface area (Å²) < 4.78 is 12.6. The Kier molecular flexibility index (Phi) is 4.02. The Morgan fingerprint density at radius 3 is 2.62 bits per heavy atom. The van der Waals surface area contributed by atoms with Crippen LogP contribution in [-0.4, -0.2) is 35.8 Å². The lowest BCUT2D eigenvalue weighted by molar-refractivity contribution is 0.0974. The van der Waals surface area contributed by atoms with Crippen molar-refractivity contribution in [1.29, 1.82) is 0 Å². The van der Waals surface area contributed by atoms with Gasteiger partial charge in [-0.25, -0.2) is 4.79 Å². The van der Waals surface area contributed by atoms with E-state index in [1.165, 1.54) is 9.13 Å². The van der Waals surface area contributed by atoms with E-state index in [9.17, 15) is 9.59 Å². The Labute approximate surface area is 150 Å². The van der Waals surface area contributed by atoms with Gasteiger partial charge in [-0.2, -0.15) is 4.98 Å². The maximum absolute atomic E-state index is 13.0. The molecule has 1 saturated heterocycles. The summed E-state index contributed by atoms with van der Waals surface area (Å²) in [7, 11) is 1.68. The molecule has 0 bridgehead atoms. The summed E-state index contributed by atoms with van der Waals surface area (Å²) in [6.07, 6.45) is 3.00. The monoisotopic (exact) mass is 359 g/mol. The van der Waals surface area contributed by atoms with Gasteiger partial charge in [-0.05, 0) is 33.1 Å². The van der Waals surface area contributed by atoms with Crippen LogP contribution in [0.4, 0.5) is 0 Å². The van der Waals surface area contributed by atoms with Crippen LogP contribution in [0.5, 0.6) is 0 Å². The first-order valence-corrected chi connectivity index (χ1v) is 9.25. The number of aromatic nitrogens is 5. The number of fused-ring (bicyclic) bond motifs is 3. The summed E-state index contributed by atoms with van der Waals surface area (Å²) in [6.45, 7) is 7.90. The number of hydrogen-bond donors (Lipinski definition) is 0. The third-order valence-electron chi connectivity index (χ3n) is 5.49. The standard InChI is InChI=1S/C18H25N5O3/c1-5-8-21-16(24)14-15(20(4)18(21)25)19-17-22(10-13-7-6-9-26-13)11(2)12(3)23(14)17/h13H,5-10H2,1-4H3/t13-/m0/s1. The minimum atomic E-state index is -0.315. The average Bonchev–Trinajstić information content (AvgIpc) is 3.31. The second-order valence-corrected chi connectivity index (χ2v) is 7.13. The number of ether oxygens (including phenoxy) is 1. The Morgan fingerprint density at radius 2 is 1.96 bits per heavy atom. The van der Waals surface area contributed by atoms with Crippen LogP contribution in [0.25, 0.3) is 16.9 Å². The van der Waals surface area contributed by atoms with Gasteiger partial charge in [-0.15, -0.1) is 0 Å². The van der Waals surface area contributed by atoms with Crippen molar-refractivity contribution in [3.8, 4) is 0 Å². The molecule has 0 saturated carbocycles. The van der Waals surface area contributed by atoms with E-state index in [2.05, 4.69) is 9.55 Å². The van der Waals surface area contributed by atoms with E-state index in [1.54, 1.807) is 7.05 Å². The smallest absolute Gasteiger partial charge is 0.332 e. The van der Waals surface area contributed by atoms with Gasteiger partial charge < -0.3 is 9.30 Å². The van der Waals surface area contributed by atoms with Gasteiger partial charge in [0.15, 0.2) is 11.2 Å². The van der Waals surface area contributed by atoms with Crippen molar-refractivity contribution in [2.75, 3.05) is 6.61 Å². The van der Waals surface area contributed by atoms with Gasteiger partial charge in [0.2, 0.25) is 5.78 Å². The highest BCUT2D eigenvalue weighted by atomic mass is 16.5. The van der Waals surface area contributed by atoms with Gasteiger partial charge in [0.05, 0.1) is 12.6 Å². The molecule has 0 aromatic carbocycles. The molecule has 8 heteroatoms. The Morgan fingerprint density at radius 1 is 1.19 bits per heavy atom. The van der Waals surface area contributed by atoms with E-state index in [0.717, 1.165) is 37.3 Å². The van der Waals surface area contributed by atoms with Gasteiger partial charge in [0.25, 0.3) is 5.56 Å². The van der Waals surface area contributed by atoms with Crippen LogP contribution in [-0.2, 0) is 24.9 Å². The van der Waals surface area contributed by atoms with Crippen LogP contribution in [0.2, 0.25) is 0 Å². The first-order valence-electron chi connectivity index (χ1n) is 9.25. The minimum absolute atomic E-state index is 0.171. The molecular weight excluding hydrogens is 334 g/mol. The van der Waals surface area contributed by atoms with Crippen LogP contribution in [0.1, 0.15) is 37.6 Å². The zero-order chi connectivity index (χ0) is 18.6. The van der Waals surface area contributed by atoms with E-state index < -0.39 is 0 Å². The molecular formula is C18H25N5O3. The second-order valence-electron chi connectivity index (χ2n) is 7.13. The molecule has 0 N–H and O–H groups in total. The topological polar surface area (TPSA) is 75.5 Å². The first-order chi connectivity index (χ1) is 12.5. The van der Waals surface area contributed by atoms with E-state index in [4.69, 9.17) is 4.74 Å². The van der Waals surface area contributed by atoms with Crippen molar-refractivity contribution in [3.05, 3.63) is 32.2 Å². The zero-order valence-electron chi connectivity index (χ0n) is 15.8. The lowest BCUT2D eigenvalue weighted by atomic mass is 10.2. The van der Waals surface area contributed by atoms with Crippen LogP contribution in [0.3, 0.4) is 0 Å². The van der Waals surface area contributed by atoms with E-state index in [0.29, 0.717) is 30.0 Å². The molecule has 3 aromatic heterocycles. The van der Waals surface area contributed by atoms with Gasteiger partial charge in [0.1, 0.15) is 0 Å². The first kappa shape index (κ1) is 17.1. The number of imidazole rings is 2. The number of aryl methyl sites for hydroxylation is 2. The maximum atomic E-state index is 13.0. The lowest BCUT2D eigenvalue weighted by Gasteiger charge is -2.12. The Hall–Kier alpha value is -2.35. The molecule has 1 aliphatic rings. The summed E-state index contributed by atoms with van der Waals surface area (Å²) in [6, 6.07) is 0. The van der Waals surface area contributed by atoms with Crippen LogP contribution < -0.4 is 11.2 Å². The third kappa shape index (κ3) is 2.28. The molecule has 0 amide bonds. The molecule has 8 nitrogen and oxygen atoms in total. The van der Waals surface area contributed by atoms with E-state index in [1.807, 2.05) is 25.2 Å². The highest BCUT2D eigenvalue weighted by Crippen LogP contribution is 2.23. The maximum Gasteiger partial charge on any atom is 0.332 e. The summed E-state index contributed by atoms with van der Waals surface area (Å²) in [5.41, 5.74) is 2.37. The third-order valence-corrected chi connectivity index (χ3v) is 5.49. The van der Waals surface area contributed by atoms with Crippen LogP contribution >= 0.6 is 0 Å². The molecule has 140 valence electrons. The number of hydrogen-bond acceptors (Lipinski definition) is 4. The average molecular weight is 359 g/mol. The second kappa shape index (κ2) is 6.12. The number of nitrogens with zero attached hydrogens (tertiary/aromatic N) is 5. The van der Waals surface area contributed by atoms with Crippen LogP contribution in [0.15, 0.2) is 9.59 Å². The molecule has 4 rings (SSSR count). The fourth-order valence-corrected chi connectivity index (χ4v) is 3.95. The van der Waals surface area contributed by atoms with Gasteiger partial charge in [-0.3, -0.25) is 18.3 Å². The van der Waals surface area contributed by atoms with Crippen molar-refractivity contribution in [2.45, 2.75) is 59.2 Å². The molecule has 3 aromatic rings. The number of rotatable bonds is 4. The molecule has 0 spiro atoms. The van der Waals surface area contributed by atoms with Crippen molar-refractivity contribution in [3.63, 3.8) is 0 Å². The molecule has 0 radical (unpaired) electrons. The predicted molar refractivity (Wildman–Crippen MR) is 98.9 cm³/mol. The van der Waals surface area contributed by atoms with Crippen molar-refractivity contribution < 1.29 is 4.74 Å². The van der Waals surface area contributed by atoms with Crippen molar-refractivity contribution in [1.82, 2.24) is 23.1 Å². The highest BCUT2D eigenvalue weighted by Gasteiger charge is 2.24. The van der Waals surface area contributed by atoms with E-state index in [-0.39, 0.29) is 17.4 Å². The summed E-state index contributed by atoms with van der Waals surface area (Å²) in [5, 5.41) is 0. The zero-order valence-corrected chi connectivity index (χ0v) is 15.8. The molecule has 1 atom stereocenters. The minimum Gasteiger partial charge on any atom is -0.376 e. The fraction of sp³-hybridized carbons (Fsp3) is 0.611. The summed E-state index contributed by atoms with van der Waals surface area (Å²) >= 11 is 0. The van der Waals surface area contributed by atoms with Crippen molar-refractivity contribution >= 4 is 16.9 Å². The molecule has 0 aliphatic carbocycles. The summed E-state index contributed by atoms with van der Waals surface area (Å²) in [4.78, 5) is 30.3. The van der Waals surface area contributed by atoms with Gasteiger partial charge in [-0.1, -0.05) is 6.92 Å². The Bertz CT molecular complexity index is 1110. The van der Waals surface area contributed by atoms with Crippen LogP contribution in [0, 0.1) is 13.8 Å².